The maximum Gasteiger partial charge on any atom is 0.194 e. The second-order valence-corrected chi connectivity index (χ2v) is 4.65. The van der Waals surface area contributed by atoms with Gasteiger partial charge in [-0.25, -0.2) is 4.68 Å². The molecule has 104 valence electrons. The van der Waals surface area contributed by atoms with E-state index in [2.05, 4.69) is 21.4 Å². The highest BCUT2D eigenvalue weighted by molar-refractivity contribution is 5.55. The number of aryl methyl sites for hydroxylation is 2. The highest BCUT2D eigenvalue weighted by atomic mass is 15.4. The van der Waals surface area contributed by atoms with Crippen LogP contribution in [0.15, 0.2) is 0 Å². The molecule has 0 aliphatic carbocycles. The van der Waals surface area contributed by atoms with Crippen LogP contribution in [0, 0.1) is 25.2 Å². The molecule has 2 heterocycles. The first kappa shape index (κ1) is 14.0. The van der Waals surface area contributed by atoms with Gasteiger partial charge in [0.25, 0.3) is 0 Å². The predicted octanol–water partition coefficient (Wildman–Crippen LogP) is 1.86. The third-order valence-electron chi connectivity index (χ3n) is 3.52. The van der Waals surface area contributed by atoms with Crippen molar-refractivity contribution in [2.75, 3.05) is 5.73 Å². The van der Waals surface area contributed by atoms with E-state index in [-0.39, 0.29) is 0 Å². The van der Waals surface area contributed by atoms with Gasteiger partial charge in [-0.15, -0.1) is 5.10 Å². The molecule has 2 aromatic rings. The Balaban J connectivity index is 2.76. The molecule has 0 fully saturated rings. The molecule has 0 saturated heterocycles. The Hall–Kier alpha value is -2.42. The molecular weight excluding hydrogens is 252 g/mol. The summed E-state index contributed by atoms with van der Waals surface area (Å²) in [4.78, 5) is 0. The van der Waals surface area contributed by atoms with Crippen molar-refractivity contribution in [1.82, 2.24) is 20.0 Å². The molecule has 0 unspecified atom stereocenters. The maximum atomic E-state index is 9.39. The van der Waals surface area contributed by atoms with E-state index in [1.807, 2.05) is 27.7 Å². The summed E-state index contributed by atoms with van der Waals surface area (Å²) in [6.07, 6.45) is 1.46. The number of rotatable bonds is 3. The average Bonchev–Trinajstić information content (AvgIpc) is 2.77. The highest BCUT2D eigenvalue weighted by Crippen LogP contribution is 2.24. The number of nitrogens with two attached hydrogens (primary N) is 1. The van der Waals surface area contributed by atoms with Crippen molar-refractivity contribution in [2.45, 2.75) is 40.5 Å². The summed E-state index contributed by atoms with van der Waals surface area (Å²) >= 11 is 0. The maximum absolute atomic E-state index is 9.39. The molecule has 6 heteroatoms. The SMILES string of the molecule is CCc1nn(-c2nnc(C)c(C)c2C#N)c(CC)c1N. The summed E-state index contributed by atoms with van der Waals surface area (Å²) in [5.74, 6) is 0.457. The summed E-state index contributed by atoms with van der Waals surface area (Å²) < 4.78 is 1.66. The van der Waals surface area contributed by atoms with Crippen molar-refractivity contribution in [3.63, 3.8) is 0 Å². The molecule has 2 rings (SSSR count). The zero-order valence-corrected chi connectivity index (χ0v) is 12.2. The van der Waals surface area contributed by atoms with E-state index in [1.54, 1.807) is 4.68 Å². The summed E-state index contributed by atoms with van der Waals surface area (Å²) in [5.41, 5.74) is 10.6. The number of nitrogens with zero attached hydrogens (tertiary/aromatic N) is 5. The molecule has 0 aliphatic heterocycles. The Labute approximate surface area is 118 Å². The molecule has 2 aromatic heterocycles. The number of hydrogen-bond acceptors (Lipinski definition) is 5. The summed E-state index contributed by atoms with van der Waals surface area (Å²) in [5, 5.41) is 22.1. The lowest BCUT2D eigenvalue weighted by molar-refractivity contribution is 0.744. The van der Waals surface area contributed by atoms with Crippen LogP contribution >= 0.6 is 0 Å². The third kappa shape index (κ3) is 2.01. The normalized spacial score (nSPS) is 10.6. The molecule has 0 amide bonds. The average molecular weight is 270 g/mol. The van der Waals surface area contributed by atoms with Crippen LogP contribution in [0.4, 0.5) is 5.69 Å². The van der Waals surface area contributed by atoms with Gasteiger partial charge in [-0.05, 0) is 32.3 Å². The molecular formula is C14H18N6. The molecule has 0 aliphatic rings. The number of nitrogen functional groups attached to an aromatic ring is 1. The van der Waals surface area contributed by atoms with Gasteiger partial charge < -0.3 is 5.73 Å². The van der Waals surface area contributed by atoms with Gasteiger partial charge in [-0.3, -0.25) is 0 Å². The minimum absolute atomic E-state index is 0.457. The largest absolute Gasteiger partial charge is 0.396 e. The van der Waals surface area contributed by atoms with E-state index in [1.165, 1.54) is 0 Å². The van der Waals surface area contributed by atoms with Crippen LogP contribution in [0.5, 0.6) is 0 Å². The van der Waals surface area contributed by atoms with Crippen molar-refractivity contribution in [1.29, 1.82) is 5.26 Å². The van der Waals surface area contributed by atoms with E-state index < -0.39 is 0 Å². The standard InChI is InChI=1S/C14H18N6/c1-5-11-13(16)12(6-2)20(19-11)14-10(7-15)8(3)9(4)17-18-14/h5-6,16H2,1-4H3. The van der Waals surface area contributed by atoms with Crippen LogP contribution in [0.2, 0.25) is 0 Å². The number of nitriles is 1. The molecule has 6 nitrogen and oxygen atoms in total. The van der Waals surface area contributed by atoms with E-state index in [0.29, 0.717) is 17.1 Å². The van der Waals surface area contributed by atoms with Gasteiger partial charge in [0.2, 0.25) is 0 Å². The fraction of sp³-hybridized carbons (Fsp3) is 0.429. The quantitative estimate of drug-likeness (QED) is 0.918. The highest BCUT2D eigenvalue weighted by Gasteiger charge is 2.19. The van der Waals surface area contributed by atoms with Crippen LogP contribution in [-0.4, -0.2) is 20.0 Å². The van der Waals surface area contributed by atoms with E-state index in [0.717, 1.165) is 35.5 Å². The third-order valence-corrected chi connectivity index (χ3v) is 3.52. The fourth-order valence-electron chi connectivity index (χ4n) is 2.17. The smallest absolute Gasteiger partial charge is 0.194 e. The lowest BCUT2D eigenvalue weighted by Crippen LogP contribution is -2.11. The fourth-order valence-corrected chi connectivity index (χ4v) is 2.17. The second-order valence-electron chi connectivity index (χ2n) is 4.65. The molecule has 0 saturated carbocycles. The molecule has 0 atom stereocenters. The minimum atomic E-state index is 0.457. The Kier molecular flexibility index (Phi) is 3.70. The lowest BCUT2D eigenvalue weighted by atomic mass is 10.1. The molecule has 0 spiro atoms. The van der Waals surface area contributed by atoms with E-state index in [9.17, 15) is 5.26 Å². The lowest BCUT2D eigenvalue weighted by Gasteiger charge is -2.09. The van der Waals surface area contributed by atoms with Gasteiger partial charge in [0.1, 0.15) is 11.6 Å². The molecule has 0 bridgehead atoms. The van der Waals surface area contributed by atoms with Gasteiger partial charge >= 0.3 is 0 Å². The summed E-state index contributed by atoms with van der Waals surface area (Å²) in [6, 6.07) is 2.20. The predicted molar refractivity (Wildman–Crippen MR) is 76.5 cm³/mol. The van der Waals surface area contributed by atoms with Crippen LogP contribution in [0.25, 0.3) is 5.82 Å². The number of aromatic nitrogens is 4. The number of anilines is 1. The Morgan fingerprint density at radius 3 is 2.45 bits per heavy atom. The zero-order valence-electron chi connectivity index (χ0n) is 12.2. The Morgan fingerprint density at radius 2 is 1.90 bits per heavy atom. The van der Waals surface area contributed by atoms with Crippen molar-refractivity contribution in [3.05, 3.63) is 28.2 Å². The van der Waals surface area contributed by atoms with E-state index >= 15 is 0 Å². The molecule has 0 radical (unpaired) electrons. The van der Waals surface area contributed by atoms with Gasteiger partial charge in [0.05, 0.1) is 22.8 Å². The van der Waals surface area contributed by atoms with Crippen molar-refractivity contribution in [3.8, 4) is 11.9 Å². The first-order chi connectivity index (χ1) is 9.54. The van der Waals surface area contributed by atoms with Gasteiger partial charge in [0.15, 0.2) is 5.82 Å². The summed E-state index contributed by atoms with van der Waals surface area (Å²) in [7, 11) is 0. The van der Waals surface area contributed by atoms with Gasteiger partial charge in [0, 0.05) is 0 Å². The topological polar surface area (TPSA) is 93.4 Å². The molecule has 0 aromatic carbocycles. The molecule has 20 heavy (non-hydrogen) atoms. The Morgan fingerprint density at radius 1 is 1.20 bits per heavy atom. The second kappa shape index (κ2) is 5.29. The van der Waals surface area contributed by atoms with Gasteiger partial charge in [-0.1, -0.05) is 13.8 Å². The van der Waals surface area contributed by atoms with Crippen molar-refractivity contribution < 1.29 is 0 Å². The Bertz CT molecular complexity index is 693. The van der Waals surface area contributed by atoms with Crippen molar-refractivity contribution in [2.24, 2.45) is 0 Å². The zero-order chi connectivity index (χ0) is 14.9. The van der Waals surface area contributed by atoms with Crippen LogP contribution in [0.3, 0.4) is 0 Å². The number of hydrogen-bond donors (Lipinski definition) is 1. The van der Waals surface area contributed by atoms with Gasteiger partial charge in [-0.2, -0.15) is 15.5 Å². The first-order valence-corrected chi connectivity index (χ1v) is 6.65. The molecule has 2 N–H and O–H groups in total. The van der Waals surface area contributed by atoms with E-state index in [4.69, 9.17) is 5.73 Å². The van der Waals surface area contributed by atoms with Crippen LogP contribution < -0.4 is 5.73 Å². The van der Waals surface area contributed by atoms with Crippen LogP contribution in [0.1, 0.15) is 42.1 Å². The monoisotopic (exact) mass is 270 g/mol. The van der Waals surface area contributed by atoms with Crippen LogP contribution in [-0.2, 0) is 12.8 Å². The first-order valence-electron chi connectivity index (χ1n) is 6.65. The minimum Gasteiger partial charge on any atom is -0.396 e. The van der Waals surface area contributed by atoms with Crippen molar-refractivity contribution >= 4 is 5.69 Å². The summed E-state index contributed by atoms with van der Waals surface area (Å²) in [6.45, 7) is 7.71.